The zero-order valence-electron chi connectivity index (χ0n) is 12.0. The number of cyclic esters (lactones) is 1. The maximum Gasteiger partial charge on any atom is 0.322 e. The van der Waals surface area contributed by atoms with E-state index in [1.165, 1.54) is 11.8 Å². The molecule has 0 amide bonds. The van der Waals surface area contributed by atoms with Gasteiger partial charge < -0.3 is 14.6 Å². The third-order valence-corrected chi connectivity index (χ3v) is 4.82. The Labute approximate surface area is 133 Å². The predicted octanol–water partition coefficient (Wildman–Crippen LogP) is 2.81. The molecule has 0 bridgehead atoms. The van der Waals surface area contributed by atoms with E-state index in [9.17, 15) is 9.90 Å². The molecule has 4 nitrogen and oxygen atoms in total. The average molecular weight is 316 g/mol. The SMILES string of the molecule is COc1ccc(S[C@@H]2C(=O)O[C@@H](c3ccccc3)[C@@H]2O)cc1. The highest BCUT2D eigenvalue weighted by Crippen LogP contribution is 2.39. The summed E-state index contributed by atoms with van der Waals surface area (Å²) in [5, 5.41) is 9.82. The molecule has 0 radical (unpaired) electrons. The number of methoxy groups -OCH3 is 1. The second-order valence-electron chi connectivity index (χ2n) is 4.97. The molecule has 0 saturated carbocycles. The topological polar surface area (TPSA) is 55.8 Å². The van der Waals surface area contributed by atoms with Crippen LogP contribution in [0.25, 0.3) is 0 Å². The van der Waals surface area contributed by atoms with Gasteiger partial charge in [-0.05, 0) is 29.8 Å². The molecule has 2 aromatic rings. The van der Waals surface area contributed by atoms with Crippen LogP contribution in [0.2, 0.25) is 0 Å². The van der Waals surface area contributed by atoms with Crippen molar-refractivity contribution in [3.8, 4) is 5.75 Å². The van der Waals surface area contributed by atoms with Crippen LogP contribution in [-0.2, 0) is 9.53 Å². The van der Waals surface area contributed by atoms with Gasteiger partial charge in [0.15, 0.2) is 6.10 Å². The number of aliphatic hydroxyl groups is 1. The van der Waals surface area contributed by atoms with Gasteiger partial charge in [0.1, 0.15) is 17.1 Å². The zero-order chi connectivity index (χ0) is 15.5. The van der Waals surface area contributed by atoms with E-state index in [1.54, 1.807) is 7.11 Å². The van der Waals surface area contributed by atoms with Crippen molar-refractivity contribution in [3.05, 3.63) is 60.2 Å². The van der Waals surface area contributed by atoms with Crippen molar-refractivity contribution in [2.24, 2.45) is 0 Å². The van der Waals surface area contributed by atoms with Crippen molar-refractivity contribution in [3.63, 3.8) is 0 Å². The molecule has 3 rings (SSSR count). The minimum absolute atomic E-state index is 0.387. The summed E-state index contributed by atoms with van der Waals surface area (Å²) < 4.78 is 10.5. The van der Waals surface area contributed by atoms with E-state index in [2.05, 4.69) is 0 Å². The molecule has 1 heterocycles. The summed E-state index contributed by atoms with van der Waals surface area (Å²) >= 11 is 1.30. The van der Waals surface area contributed by atoms with E-state index < -0.39 is 17.5 Å². The standard InChI is InChI=1S/C17H16O4S/c1-20-12-7-9-13(10-8-12)22-16-14(18)15(21-17(16)19)11-5-3-2-4-6-11/h2-10,14-16,18H,1H3/t14-,15-,16-/m0/s1. The van der Waals surface area contributed by atoms with E-state index in [4.69, 9.17) is 9.47 Å². The Kier molecular flexibility index (Phi) is 4.36. The van der Waals surface area contributed by atoms with E-state index in [0.29, 0.717) is 0 Å². The van der Waals surface area contributed by atoms with Crippen LogP contribution in [0.1, 0.15) is 11.7 Å². The number of carbonyl (C=O) groups is 1. The molecule has 3 atom stereocenters. The van der Waals surface area contributed by atoms with Gasteiger partial charge in [0.25, 0.3) is 0 Å². The smallest absolute Gasteiger partial charge is 0.322 e. The van der Waals surface area contributed by atoms with Crippen molar-refractivity contribution in [2.45, 2.75) is 22.4 Å². The van der Waals surface area contributed by atoms with Crippen LogP contribution in [-0.4, -0.2) is 29.5 Å². The predicted molar refractivity (Wildman–Crippen MR) is 83.9 cm³/mol. The van der Waals surface area contributed by atoms with Crippen molar-refractivity contribution in [2.75, 3.05) is 7.11 Å². The van der Waals surface area contributed by atoms with Crippen LogP contribution in [0.15, 0.2) is 59.5 Å². The van der Waals surface area contributed by atoms with Gasteiger partial charge in [-0.2, -0.15) is 0 Å². The molecule has 5 heteroatoms. The molecular weight excluding hydrogens is 300 g/mol. The Morgan fingerprint density at radius 2 is 1.77 bits per heavy atom. The lowest BCUT2D eigenvalue weighted by Gasteiger charge is -2.15. The van der Waals surface area contributed by atoms with E-state index in [-0.39, 0.29) is 5.97 Å². The Hall–Kier alpha value is -1.98. The molecular formula is C17H16O4S. The summed E-state index contributed by atoms with van der Waals surface area (Å²) in [5.74, 6) is 0.364. The summed E-state index contributed by atoms with van der Waals surface area (Å²) in [6.45, 7) is 0. The fraction of sp³-hybridized carbons (Fsp3) is 0.235. The fourth-order valence-corrected chi connectivity index (χ4v) is 3.41. The number of esters is 1. The molecule has 1 aliphatic heterocycles. The van der Waals surface area contributed by atoms with Gasteiger partial charge in [-0.15, -0.1) is 11.8 Å². The van der Waals surface area contributed by atoms with Crippen LogP contribution < -0.4 is 4.74 Å². The van der Waals surface area contributed by atoms with Gasteiger partial charge in [0.2, 0.25) is 0 Å². The summed E-state index contributed by atoms with van der Waals surface area (Å²) in [5.41, 5.74) is 0.807. The molecule has 1 N–H and O–H groups in total. The number of benzene rings is 2. The number of rotatable bonds is 4. The van der Waals surface area contributed by atoms with Gasteiger partial charge in [0, 0.05) is 4.90 Å². The molecule has 1 fully saturated rings. The first-order valence-corrected chi connectivity index (χ1v) is 7.81. The van der Waals surface area contributed by atoms with Crippen LogP contribution in [0.4, 0.5) is 0 Å². The average Bonchev–Trinajstić information content (AvgIpc) is 2.84. The molecule has 0 spiro atoms. The lowest BCUT2D eigenvalue weighted by molar-refractivity contribution is -0.141. The minimum Gasteiger partial charge on any atom is -0.497 e. The number of hydrogen-bond donors (Lipinski definition) is 1. The highest BCUT2D eigenvalue weighted by molar-refractivity contribution is 8.00. The molecule has 114 valence electrons. The summed E-state index contributed by atoms with van der Waals surface area (Å²) in [6, 6.07) is 16.7. The number of aliphatic hydroxyl groups excluding tert-OH is 1. The Morgan fingerprint density at radius 1 is 1.09 bits per heavy atom. The number of carbonyl (C=O) groups excluding carboxylic acids is 1. The summed E-state index contributed by atoms with van der Waals surface area (Å²) in [7, 11) is 1.60. The van der Waals surface area contributed by atoms with E-state index >= 15 is 0 Å². The highest BCUT2D eigenvalue weighted by atomic mass is 32.2. The minimum atomic E-state index is -0.873. The Balaban J connectivity index is 1.75. The number of hydrogen-bond acceptors (Lipinski definition) is 5. The third-order valence-electron chi connectivity index (χ3n) is 3.55. The van der Waals surface area contributed by atoms with Crippen molar-refractivity contribution >= 4 is 17.7 Å². The molecule has 1 aliphatic rings. The van der Waals surface area contributed by atoms with Gasteiger partial charge >= 0.3 is 5.97 Å². The van der Waals surface area contributed by atoms with Gasteiger partial charge in [0.05, 0.1) is 7.11 Å². The lowest BCUT2D eigenvalue weighted by Crippen LogP contribution is -2.24. The second-order valence-corrected chi connectivity index (χ2v) is 6.19. The summed E-state index contributed by atoms with van der Waals surface area (Å²) in [4.78, 5) is 13.0. The molecule has 0 aromatic heterocycles. The van der Waals surface area contributed by atoms with E-state index in [1.807, 2.05) is 54.6 Å². The van der Waals surface area contributed by atoms with Crippen molar-refractivity contribution in [1.29, 1.82) is 0 Å². The van der Waals surface area contributed by atoms with Gasteiger partial charge in [-0.25, -0.2) is 0 Å². The van der Waals surface area contributed by atoms with Gasteiger partial charge in [-0.1, -0.05) is 30.3 Å². The maximum absolute atomic E-state index is 12.1. The first-order chi connectivity index (χ1) is 10.7. The number of thioether (sulfide) groups is 1. The lowest BCUT2D eigenvalue weighted by atomic mass is 10.0. The normalized spacial score (nSPS) is 24.1. The largest absolute Gasteiger partial charge is 0.497 e. The van der Waals surface area contributed by atoms with E-state index in [0.717, 1.165) is 16.2 Å². The molecule has 22 heavy (non-hydrogen) atoms. The maximum atomic E-state index is 12.1. The Bertz CT molecular complexity index is 641. The summed E-state index contributed by atoms with van der Waals surface area (Å²) in [6.07, 6.45) is -1.48. The molecule has 1 saturated heterocycles. The molecule has 0 aliphatic carbocycles. The van der Waals surface area contributed by atoms with Crippen LogP contribution in [0.5, 0.6) is 5.75 Å². The zero-order valence-corrected chi connectivity index (χ0v) is 12.8. The monoisotopic (exact) mass is 316 g/mol. The number of ether oxygens (including phenoxy) is 2. The van der Waals surface area contributed by atoms with Crippen LogP contribution in [0.3, 0.4) is 0 Å². The highest BCUT2D eigenvalue weighted by Gasteiger charge is 2.45. The second kappa shape index (κ2) is 6.42. The first kappa shape index (κ1) is 14.9. The first-order valence-electron chi connectivity index (χ1n) is 6.93. The van der Waals surface area contributed by atoms with Crippen molar-refractivity contribution < 1.29 is 19.4 Å². The quantitative estimate of drug-likeness (QED) is 0.879. The van der Waals surface area contributed by atoms with Gasteiger partial charge in [-0.3, -0.25) is 4.79 Å². The third kappa shape index (κ3) is 2.96. The van der Waals surface area contributed by atoms with Crippen LogP contribution in [0, 0.1) is 0 Å². The van der Waals surface area contributed by atoms with Crippen molar-refractivity contribution in [1.82, 2.24) is 0 Å². The van der Waals surface area contributed by atoms with Crippen LogP contribution >= 0.6 is 11.8 Å². The Morgan fingerprint density at radius 3 is 2.41 bits per heavy atom. The molecule has 0 unspecified atom stereocenters. The molecule has 2 aromatic carbocycles. The fourth-order valence-electron chi connectivity index (χ4n) is 2.39.